The Morgan fingerprint density at radius 2 is 1.91 bits per heavy atom. The van der Waals surface area contributed by atoms with E-state index in [2.05, 4.69) is 10.4 Å². The van der Waals surface area contributed by atoms with Gasteiger partial charge in [-0.3, -0.25) is 14.3 Å². The molecule has 3 aromatic rings. The van der Waals surface area contributed by atoms with Crippen LogP contribution in [0.25, 0.3) is 6.08 Å². The molecule has 0 fully saturated rings. The van der Waals surface area contributed by atoms with Crippen LogP contribution in [-0.2, 0) is 22.6 Å². The van der Waals surface area contributed by atoms with Crippen molar-refractivity contribution in [2.75, 3.05) is 5.32 Å². The number of aromatic nitrogens is 2. The average molecular weight is 457 g/mol. The van der Waals surface area contributed by atoms with Gasteiger partial charge in [-0.1, -0.05) is 42.0 Å². The fourth-order valence-corrected chi connectivity index (χ4v) is 4.30. The van der Waals surface area contributed by atoms with Gasteiger partial charge in [0.1, 0.15) is 0 Å². The highest BCUT2D eigenvalue weighted by Gasteiger charge is 2.27. The van der Waals surface area contributed by atoms with Crippen LogP contribution in [0, 0.1) is 11.6 Å². The van der Waals surface area contributed by atoms with Gasteiger partial charge in [0.2, 0.25) is 0 Å². The first kappa shape index (κ1) is 21.7. The summed E-state index contributed by atoms with van der Waals surface area (Å²) in [6.45, 7) is 2.01. The first-order valence-electron chi connectivity index (χ1n) is 10.9. The summed E-state index contributed by atoms with van der Waals surface area (Å²) in [6, 6.07) is 11.7. The second-order valence-corrected chi connectivity index (χ2v) is 8.53. The molecule has 1 amide bonds. The Morgan fingerprint density at radius 3 is 2.71 bits per heavy atom. The molecule has 1 aromatic heterocycles. The van der Waals surface area contributed by atoms with E-state index in [0.717, 1.165) is 28.8 Å². The Hall–Kier alpha value is -4.13. The van der Waals surface area contributed by atoms with Gasteiger partial charge in [-0.2, -0.15) is 5.10 Å². The minimum atomic E-state index is -0.921. The Labute approximate surface area is 195 Å². The number of hydrogen-bond acceptors (Lipinski definition) is 3. The van der Waals surface area contributed by atoms with Gasteiger partial charge < -0.3 is 5.32 Å². The second-order valence-electron chi connectivity index (χ2n) is 8.53. The minimum absolute atomic E-state index is 0.00690. The quantitative estimate of drug-likeness (QED) is 0.586. The number of amides is 1. The van der Waals surface area contributed by atoms with Crippen LogP contribution in [0.5, 0.6) is 0 Å². The van der Waals surface area contributed by atoms with Crippen LogP contribution in [0.2, 0.25) is 0 Å². The van der Waals surface area contributed by atoms with Crippen molar-refractivity contribution >= 4 is 23.5 Å². The Kier molecular flexibility index (Phi) is 5.53. The molecule has 1 N–H and O–H groups in total. The lowest BCUT2D eigenvalue weighted by Crippen LogP contribution is -2.20. The topological polar surface area (TPSA) is 64.0 Å². The summed E-state index contributed by atoms with van der Waals surface area (Å²) in [5.74, 6) is -2.15. The third-order valence-corrected chi connectivity index (χ3v) is 6.05. The molecule has 2 aromatic carbocycles. The molecule has 0 bridgehead atoms. The lowest BCUT2D eigenvalue weighted by molar-refractivity contribution is -0.114. The number of allylic oxidation sites excluding steroid dienone is 3. The van der Waals surface area contributed by atoms with Crippen molar-refractivity contribution in [3.05, 3.63) is 112 Å². The van der Waals surface area contributed by atoms with Crippen LogP contribution in [0.15, 0.2) is 83.2 Å². The third-order valence-electron chi connectivity index (χ3n) is 6.05. The first-order chi connectivity index (χ1) is 16.4. The number of ketones is 1. The van der Waals surface area contributed by atoms with E-state index in [1.165, 1.54) is 16.9 Å². The van der Waals surface area contributed by atoms with Gasteiger partial charge in [-0.05, 0) is 53.8 Å². The second kappa shape index (κ2) is 8.67. The van der Waals surface area contributed by atoms with E-state index in [4.69, 9.17) is 0 Å². The molecule has 0 aliphatic heterocycles. The average Bonchev–Trinajstić information content (AvgIpc) is 3.42. The van der Waals surface area contributed by atoms with Gasteiger partial charge in [0.05, 0.1) is 18.4 Å². The van der Waals surface area contributed by atoms with Crippen LogP contribution in [0.3, 0.4) is 0 Å². The number of anilines is 1. The van der Waals surface area contributed by atoms with Gasteiger partial charge in [0.25, 0.3) is 5.91 Å². The van der Waals surface area contributed by atoms with Crippen LogP contribution >= 0.6 is 0 Å². The highest BCUT2D eigenvalue weighted by atomic mass is 19.2. The van der Waals surface area contributed by atoms with E-state index in [-0.39, 0.29) is 24.7 Å². The maximum absolute atomic E-state index is 13.4. The van der Waals surface area contributed by atoms with E-state index < -0.39 is 11.6 Å². The van der Waals surface area contributed by atoms with Crippen molar-refractivity contribution in [2.45, 2.75) is 26.3 Å². The highest BCUT2D eigenvalue weighted by Crippen LogP contribution is 2.34. The number of hydrogen-bond donors (Lipinski definition) is 1. The van der Waals surface area contributed by atoms with Gasteiger partial charge in [-0.15, -0.1) is 0 Å². The minimum Gasteiger partial charge on any atom is -0.319 e. The van der Waals surface area contributed by atoms with Crippen LogP contribution in [-0.4, -0.2) is 21.5 Å². The van der Waals surface area contributed by atoms with Crippen molar-refractivity contribution in [3.63, 3.8) is 0 Å². The number of carbonyl (C=O) groups excluding carboxylic acids is 2. The summed E-state index contributed by atoms with van der Waals surface area (Å²) in [5, 5.41) is 7.01. The summed E-state index contributed by atoms with van der Waals surface area (Å²) < 4.78 is 28.1. The van der Waals surface area contributed by atoms with Crippen molar-refractivity contribution in [1.29, 1.82) is 0 Å². The number of Topliss-reactive ketones (excluding diaryl/α,β-unsaturated/α-hetero) is 1. The number of carbonyl (C=O) groups is 2. The van der Waals surface area contributed by atoms with Gasteiger partial charge >= 0.3 is 0 Å². The normalized spacial score (nSPS) is 15.2. The fourth-order valence-electron chi connectivity index (χ4n) is 4.30. The lowest BCUT2D eigenvalue weighted by atomic mass is 9.87. The van der Waals surface area contributed by atoms with Crippen molar-refractivity contribution in [2.24, 2.45) is 0 Å². The van der Waals surface area contributed by atoms with Crippen molar-refractivity contribution < 1.29 is 18.4 Å². The molecule has 0 atom stereocenters. The van der Waals surface area contributed by atoms with E-state index in [1.807, 2.05) is 30.3 Å². The zero-order valence-electron chi connectivity index (χ0n) is 18.4. The van der Waals surface area contributed by atoms with Gasteiger partial charge in [-0.25, -0.2) is 8.78 Å². The summed E-state index contributed by atoms with van der Waals surface area (Å²) in [6.07, 6.45) is 7.65. The van der Waals surface area contributed by atoms with E-state index in [0.29, 0.717) is 34.4 Å². The summed E-state index contributed by atoms with van der Waals surface area (Å²) >= 11 is 0. The molecule has 2 aliphatic carbocycles. The van der Waals surface area contributed by atoms with Crippen molar-refractivity contribution in [3.8, 4) is 0 Å². The molecule has 0 unspecified atom stereocenters. The standard InChI is InChI=1S/C27H21F2N3O2/c1-16-8-26(33)23(20-10-18-4-2-3-5-19(18)11-20)12-22(16)27(34)31-21-13-30-32(15-21)14-17-6-7-24(28)25(29)9-17/h2-7,9-10,12-13,15H,8,11,14H2,1H3,(H,31,34). The number of fused-ring (bicyclic) bond motifs is 1. The number of nitrogens with zero attached hydrogens (tertiary/aromatic N) is 2. The SMILES string of the molecule is CC1=C(C(=O)Nc2cnn(Cc3ccc(F)c(F)c3)c2)C=C(C2=Cc3ccccc3C2)C(=O)C1. The number of rotatable bonds is 5. The molecule has 2 aliphatic rings. The maximum atomic E-state index is 13.4. The molecule has 170 valence electrons. The summed E-state index contributed by atoms with van der Waals surface area (Å²) in [4.78, 5) is 25.8. The highest BCUT2D eigenvalue weighted by molar-refractivity contribution is 6.13. The summed E-state index contributed by atoms with van der Waals surface area (Å²) in [5.41, 5.74) is 5.92. The molecular formula is C27H21F2N3O2. The molecule has 5 rings (SSSR count). The molecule has 1 heterocycles. The third kappa shape index (κ3) is 4.24. The Morgan fingerprint density at radius 1 is 1.09 bits per heavy atom. The largest absolute Gasteiger partial charge is 0.319 e. The number of benzene rings is 2. The summed E-state index contributed by atoms with van der Waals surface area (Å²) in [7, 11) is 0. The van der Waals surface area contributed by atoms with E-state index in [1.54, 1.807) is 19.2 Å². The molecule has 34 heavy (non-hydrogen) atoms. The molecule has 0 saturated carbocycles. The monoisotopic (exact) mass is 457 g/mol. The first-order valence-corrected chi connectivity index (χ1v) is 10.9. The molecule has 0 spiro atoms. The predicted octanol–water partition coefficient (Wildman–Crippen LogP) is 5.00. The predicted molar refractivity (Wildman–Crippen MR) is 125 cm³/mol. The zero-order chi connectivity index (χ0) is 23.8. The van der Waals surface area contributed by atoms with Crippen LogP contribution in [0.1, 0.15) is 30.0 Å². The smallest absolute Gasteiger partial charge is 0.255 e. The van der Waals surface area contributed by atoms with Crippen LogP contribution in [0.4, 0.5) is 14.5 Å². The van der Waals surface area contributed by atoms with Gasteiger partial charge in [0.15, 0.2) is 17.4 Å². The van der Waals surface area contributed by atoms with E-state index in [9.17, 15) is 18.4 Å². The Bertz CT molecular complexity index is 1430. The number of halogens is 2. The zero-order valence-corrected chi connectivity index (χ0v) is 18.4. The molecule has 5 nitrogen and oxygen atoms in total. The molecular weight excluding hydrogens is 436 g/mol. The lowest BCUT2D eigenvalue weighted by Gasteiger charge is -2.17. The fraction of sp³-hybridized carbons (Fsp3) is 0.148. The van der Waals surface area contributed by atoms with E-state index >= 15 is 0 Å². The molecule has 0 saturated heterocycles. The Balaban J connectivity index is 1.32. The van der Waals surface area contributed by atoms with Crippen molar-refractivity contribution in [1.82, 2.24) is 9.78 Å². The van der Waals surface area contributed by atoms with Gasteiger partial charge in [0, 0.05) is 23.8 Å². The molecule has 0 radical (unpaired) electrons. The number of nitrogens with one attached hydrogen (secondary N) is 1. The maximum Gasteiger partial charge on any atom is 0.255 e. The molecule has 7 heteroatoms. The van der Waals surface area contributed by atoms with Crippen LogP contribution < -0.4 is 5.32 Å².